The Kier molecular flexibility index (Phi) is 5.48. The minimum Gasteiger partial charge on any atom is -0.481 e. The maximum absolute atomic E-state index is 12.6. The average Bonchev–Trinajstić information content (AvgIpc) is 2.43. The first-order valence-corrected chi connectivity index (χ1v) is 7.72. The minimum absolute atomic E-state index is 0.0277. The molecule has 0 saturated carbocycles. The molecule has 1 atom stereocenters. The summed E-state index contributed by atoms with van der Waals surface area (Å²) in [7, 11) is 0. The first kappa shape index (κ1) is 16.1. The smallest absolute Gasteiger partial charge is 0.303 e. The molecule has 1 heterocycles. The highest BCUT2D eigenvalue weighted by molar-refractivity contribution is 6.35. The zero-order valence-electron chi connectivity index (χ0n) is 11.5. The van der Waals surface area contributed by atoms with Gasteiger partial charge in [0.05, 0.1) is 0 Å². The average molecular weight is 330 g/mol. The first-order valence-electron chi connectivity index (χ1n) is 6.96. The number of rotatable bonds is 4. The van der Waals surface area contributed by atoms with Gasteiger partial charge in [-0.25, -0.2) is 0 Å². The van der Waals surface area contributed by atoms with Crippen LogP contribution in [-0.4, -0.2) is 34.5 Å². The Balaban J connectivity index is 2.15. The van der Waals surface area contributed by atoms with Gasteiger partial charge in [-0.05, 0) is 43.9 Å². The number of likely N-dealkylation sites (tertiary alicyclic amines) is 1. The summed E-state index contributed by atoms with van der Waals surface area (Å²) in [5, 5.41) is 9.66. The number of aliphatic carboxylic acids is 1. The van der Waals surface area contributed by atoms with Crippen LogP contribution in [0.5, 0.6) is 0 Å². The highest BCUT2D eigenvalue weighted by atomic mass is 35.5. The van der Waals surface area contributed by atoms with Crippen molar-refractivity contribution in [2.75, 3.05) is 6.54 Å². The standard InChI is InChI=1S/C15H17Cl2NO3/c16-11-7-10(8-12(17)9-11)15(21)18-6-2-1-3-13(18)4-5-14(19)20/h7-9,13H,1-6H2,(H,19,20). The van der Waals surface area contributed by atoms with Crippen molar-refractivity contribution in [3.05, 3.63) is 33.8 Å². The van der Waals surface area contributed by atoms with Gasteiger partial charge in [0.15, 0.2) is 0 Å². The SMILES string of the molecule is O=C(O)CCC1CCCCN1C(=O)c1cc(Cl)cc(Cl)c1. The van der Waals surface area contributed by atoms with E-state index >= 15 is 0 Å². The molecule has 1 N–H and O–H groups in total. The maximum atomic E-state index is 12.6. The summed E-state index contributed by atoms with van der Waals surface area (Å²) < 4.78 is 0. The molecular weight excluding hydrogens is 313 g/mol. The second-order valence-electron chi connectivity index (χ2n) is 5.24. The zero-order chi connectivity index (χ0) is 15.4. The Morgan fingerprint density at radius 2 is 1.86 bits per heavy atom. The number of nitrogens with zero attached hydrogens (tertiary/aromatic N) is 1. The summed E-state index contributed by atoms with van der Waals surface area (Å²) in [4.78, 5) is 25.1. The number of carboxylic acids is 1. The van der Waals surface area contributed by atoms with Crippen LogP contribution in [0, 0.1) is 0 Å². The Hall–Kier alpha value is -1.26. The van der Waals surface area contributed by atoms with Gasteiger partial charge >= 0.3 is 5.97 Å². The van der Waals surface area contributed by atoms with Crippen molar-refractivity contribution < 1.29 is 14.7 Å². The topological polar surface area (TPSA) is 57.6 Å². The molecule has 1 unspecified atom stereocenters. The van der Waals surface area contributed by atoms with Crippen LogP contribution in [0.25, 0.3) is 0 Å². The predicted molar refractivity (Wildman–Crippen MR) is 82.0 cm³/mol. The highest BCUT2D eigenvalue weighted by Gasteiger charge is 2.28. The quantitative estimate of drug-likeness (QED) is 0.912. The molecule has 1 aliphatic heterocycles. The van der Waals surface area contributed by atoms with Crippen molar-refractivity contribution in [1.29, 1.82) is 0 Å². The number of piperidine rings is 1. The second-order valence-corrected chi connectivity index (χ2v) is 6.11. The van der Waals surface area contributed by atoms with E-state index < -0.39 is 5.97 Å². The van der Waals surface area contributed by atoms with Gasteiger partial charge in [-0.2, -0.15) is 0 Å². The van der Waals surface area contributed by atoms with Gasteiger partial charge < -0.3 is 10.0 Å². The molecule has 0 radical (unpaired) electrons. The van der Waals surface area contributed by atoms with Crippen molar-refractivity contribution >= 4 is 35.1 Å². The summed E-state index contributed by atoms with van der Waals surface area (Å²) >= 11 is 11.9. The molecule has 0 bridgehead atoms. The van der Waals surface area contributed by atoms with E-state index in [1.54, 1.807) is 23.1 Å². The summed E-state index contributed by atoms with van der Waals surface area (Å²) in [5.74, 6) is -0.965. The molecule has 0 aromatic heterocycles. The number of halogens is 2. The van der Waals surface area contributed by atoms with Gasteiger partial charge in [-0.1, -0.05) is 23.2 Å². The van der Waals surface area contributed by atoms with Gasteiger partial charge in [0.2, 0.25) is 0 Å². The van der Waals surface area contributed by atoms with Crippen LogP contribution in [0.1, 0.15) is 42.5 Å². The summed E-state index contributed by atoms with van der Waals surface area (Å²) in [6, 6.07) is 4.75. The number of hydrogen-bond donors (Lipinski definition) is 1. The fourth-order valence-corrected chi connectivity index (χ4v) is 3.23. The zero-order valence-corrected chi connectivity index (χ0v) is 13.0. The number of amides is 1. The highest BCUT2D eigenvalue weighted by Crippen LogP contribution is 2.25. The number of benzene rings is 1. The van der Waals surface area contributed by atoms with E-state index in [-0.39, 0.29) is 18.4 Å². The lowest BCUT2D eigenvalue weighted by molar-refractivity contribution is -0.137. The largest absolute Gasteiger partial charge is 0.481 e. The lowest BCUT2D eigenvalue weighted by Crippen LogP contribution is -2.44. The molecule has 6 heteroatoms. The summed E-state index contributed by atoms with van der Waals surface area (Å²) in [6.45, 7) is 0.646. The fraction of sp³-hybridized carbons (Fsp3) is 0.467. The predicted octanol–water partition coefficient (Wildman–Crippen LogP) is 3.85. The van der Waals surface area contributed by atoms with Crippen molar-refractivity contribution in [2.24, 2.45) is 0 Å². The van der Waals surface area contributed by atoms with Crippen molar-refractivity contribution in [3.63, 3.8) is 0 Å². The van der Waals surface area contributed by atoms with E-state index in [2.05, 4.69) is 0 Å². The van der Waals surface area contributed by atoms with Crippen LogP contribution >= 0.6 is 23.2 Å². The van der Waals surface area contributed by atoms with Crippen LogP contribution in [0.3, 0.4) is 0 Å². The van der Waals surface area contributed by atoms with Gasteiger partial charge in [0.25, 0.3) is 5.91 Å². The second kappa shape index (κ2) is 7.14. The number of carbonyl (C=O) groups is 2. The van der Waals surface area contributed by atoms with Crippen molar-refractivity contribution in [3.8, 4) is 0 Å². The number of hydrogen-bond acceptors (Lipinski definition) is 2. The molecule has 1 aromatic carbocycles. The number of carbonyl (C=O) groups excluding carboxylic acids is 1. The molecule has 1 aromatic rings. The third kappa shape index (κ3) is 4.35. The van der Waals surface area contributed by atoms with Crippen LogP contribution in [0.2, 0.25) is 10.0 Å². The molecule has 1 fully saturated rings. The van der Waals surface area contributed by atoms with E-state index in [1.807, 2.05) is 0 Å². The minimum atomic E-state index is -0.834. The van der Waals surface area contributed by atoms with Crippen molar-refractivity contribution in [1.82, 2.24) is 4.90 Å². The Morgan fingerprint density at radius 3 is 2.48 bits per heavy atom. The Bertz CT molecular complexity index is 527. The van der Waals surface area contributed by atoms with Gasteiger partial charge in [0, 0.05) is 34.6 Å². The third-order valence-corrected chi connectivity index (χ3v) is 4.13. The van der Waals surface area contributed by atoms with Crippen LogP contribution < -0.4 is 0 Å². The van der Waals surface area contributed by atoms with Crippen molar-refractivity contribution in [2.45, 2.75) is 38.1 Å². The van der Waals surface area contributed by atoms with E-state index in [0.717, 1.165) is 19.3 Å². The van der Waals surface area contributed by atoms with Crippen LogP contribution in [0.4, 0.5) is 0 Å². The third-order valence-electron chi connectivity index (χ3n) is 3.69. The Labute approximate surface area is 133 Å². The molecule has 1 aliphatic rings. The van der Waals surface area contributed by atoms with E-state index in [1.165, 1.54) is 0 Å². The van der Waals surface area contributed by atoms with Crippen LogP contribution in [0.15, 0.2) is 18.2 Å². The fourth-order valence-electron chi connectivity index (χ4n) is 2.70. The van der Waals surface area contributed by atoms with E-state index in [0.29, 0.717) is 28.6 Å². The molecule has 2 rings (SSSR count). The van der Waals surface area contributed by atoms with Crippen LogP contribution in [-0.2, 0) is 4.79 Å². The molecule has 0 spiro atoms. The molecule has 21 heavy (non-hydrogen) atoms. The monoisotopic (exact) mass is 329 g/mol. The summed E-state index contributed by atoms with van der Waals surface area (Å²) in [5.41, 5.74) is 0.453. The molecule has 1 amide bonds. The maximum Gasteiger partial charge on any atom is 0.303 e. The Morgan fingerprint density at radius 1 is 1.19 bits per heavy atom. The van der Waals surface area contributed by atoms with Gasteiger partial charge in [-0.15, -0.1) is 0 Å². The van der Waals surface area contributed by atoms with Gasteiger partial charge in [-0.3, -0.25) is 9.59 Å². The normalized spacial score (nSPS) is 18.6. The first-order chi connectivity index (χ1) is 9.97. The summed E-state index contributed by atoms with van der Waals surface area (Å²) in [6.07, 6.45) is 3.35. The lowest BCUT2D eigenvalue weighted by atomic mass is 9.97. The van der Waals surface area contributed by atoms with Gasteiger partial charge in [0.1, 0.15) is 0 Å². The molecule has 1 saturated heterocycles. The molecule has 114 valence electrons. The molecule has 0 aliphatic carbocycles. The molecule has 4 nitrogen and oxygen atoms in total. The lowest BCUT2D eigenvalue weighted by Gasteiger charge is -2.35. The molecular formula is C15H17Cl2NO3. The number of carboxylic acid groups (broad SMARTS) is 1. The van der Waals surface area contributed by atoms with E-state index in [4.69, 9.17) is 28.3 Å². The van der Waals surface area contributed by atoms with E-state index in [9.17, 15) is 9.59 Å².